The number of amides is 8. The van der Waals surface area contributed by atoms with Crippen molar-refractivity contribution in [1.29, 1.82) is 0 Å². The summed E-state index contributed by atoms with van der Waals surface area (Å²) < 4.78 is 43.4. The fourth-order valence-corrected chi connectivity index (χ4v) is 14.4. The van der Waals surface area contributed by atoms with E-state index in [0.717, 1.165) is 25.7 Å². The number of oxazole rings is 4. The van der Waals surface area contributed by atoms with Gasteiger partial charge in [-0.2, -0.15) is 0 Å². The number of nitrogens with one attached hydrogen (secondary N) is 8. The number of rotatable bonds is 20. The van der Waals surface area contributed by atoms with Crippen LogP contribution in [-0.4, -0.2) is 206 Å². The Bertz CT molecular complexity index is 4270. The molecule has 36 heteroatoms. The molecule has 108 heavy (non-hydrogen) atoms. The first-order valence-electron chi connectivity index (χ1n) is 36.1. The molecule has 4 aliphatic rings. The summed E-state index contributed by atoms with van der Waals surface area (Å²) in [7, 11) is 5.07. The molecule has 0 aliphatic carbocycles. The summed E-state index contributed by atoms with van der Waals surface area (Å²) in [6, 6.07) is 2.84. The van der Waals surface area contributed by atoms with Crippen LogP contribution in [0.1, 0.15) is 154 Å². The predicted octanol–water partition coefficient (Wildman–Crippen LogP) is 9.67. The van der Waals surface area contributed by atoms with E-state index in [4.69, 9.17) is 36.6 Å². The third-order valence-electron chi connectivity index (χ3n) is 20.1. The Kier molecular flexibility index (Phi) is 21.5. The van der Waals surface area contributed by atoms with Crippen molar-refractivity contribution in [2.45, 2.75) is 155 Å². The monoisotopic (exact) mass is 1490 g/mol. The second-order valence-electron chi connectivity index (χ2n) is 28.6. The van der Waals surface area contributed by atoms with E-state index in [0.29, 0.717) is 166 Å². The highest BCUT2D eigenvalue weighted by Crippen LogP contribution is 2.40. The maximum Gasteiger partial charge on any atom is 0.407 e. The lowest BCUT2D eigenvalue weighted by Gasteiger charge is -2.29. The number of fused-ring (bicyclic) bond motifs is 4. The van der Waals surface area contributed by atoms with E-state index < -0.39 is 48.5 Å². The van der Waals surface area contributed by atoms with E-state index in [1.807, 2.05) is 55.4 Å². The van der Waals surface area contributed by atoms with Gasteiger partial charge in [0.05, 0.1) is 77.4 Å². The Morgan fingerprint density at radius 1 is 0.361 bits per heavy atom. The Labute approximate surface area is 617 Å². The smallest absolute Gasteiger partial charge is 0.407 e. The topological polar surface area (TPSA) is 453 Å². The van der Waals surface area contributed by atoms with E-state index in [-0.39, 0.29) is 71.5 Å². The molecule has 0 unspecified atom stereocenters. The van der Waals surface area contributed by atoms with Crippen LogP contribution < -0.4 is 21.3 Å². The van der Waals surface area contributed by atoms with Gasteiger partial charge in [-0.25, -0.2) is 59.0 Å². The van der Waals surface area contributed by atoms with Crippen molar-refractivity contribution in [3.8, 4) is 46.3 Å². The number of hydrogen-bond donors (Lipinski definition) is 8. The zero-order valence-corrected chi connectivity index (χ0v) is 61.9. The van der Waals surface area contributed by atoms with Crippen LogP contribution in [-0.2, 0) is 38.1 Å². The molecule has 4 aliphatic heterocycles. The quantitative estimate of drug-likeness (QED) is 0.0329. The number of hydrogen-bond acceptors (Lipinski definition) is 24. The van der Waals surface area contributed by atoms with Gasteiger partial charge in [-0.15, -0.1) is 0 Å². The number of imidazole rings is 4. The highest BCUT2D eigenvalue weighted by molar-refractivity contribution is 5.93. The highest BCUT2D eigenvalue weighted by atomic mass is 16.6. The number of benzene rings is 2. The normalized spacial score (nSPS) is 18.5. The molecule has 8 amide bonds. The number of alkyl carbamates (subject to hydrolysis) is 4. The molecule has 10 aromatic rings. The molecule has 36 nitrogen and oxygen atoms in total. The van der Waals surface area contributed by atoms with Crippen LogP contribution in [0.5, 0.6) is 0 Å². The van der Waals surface area contributed by atoms with Gasteiger partial charge < -0.3 is 97.4 Å². The van der Waals surface area contributed by atoms with Crippen LogP contribution in [0.3, 0.4) is 0 Å². The third kappa shape index (κ3) is 15.1. The average Bonchev–Trinajstić information content (AvgIpc) is 1.62. The molecule has 0 spiro atoms. The number of ether oxygens (including phenoxy) is 4. The molecule has 2 aromatic carbocycles. The van der Waals surface area contributed by atoms with E-state index in [2.05, 4.69) is 81.1 Å². The van der Waals surface area contributed by atoms with Crippen molar-refractivity contribution in [3.63, 3.8) is 0 Å². The van der Waals surface area contributed by atoms with E-state index in [1.165, 1.54) is 28.4 Å². The molecule has 14 rings (SSSR count). The molecular formula is C72H88N20O16. The summed E-state index contributed by atoms with van der Waals surface area (Å²) in [6.07, 6.45) is 9.89. The lowest BCUT2D eigenvalue weighted by Crippen LogP contribution is -2.51. The minimum Gasteiger partial charge on any atom is -0.453 e. The zero-order valence-electron chi connectivity index (χ0n) is 61.9. The maximum absolute atomic E-state index is 13.5. The SMILES string of the molecule is COC(=O)N[C@H](C(=O)N1CCC[C@H]1c1ncc(-c2nc3cc4nc(-c5cnc([C@@H]6CCCN6C(=O)[C@@H](NC(=O)OC)C(C)C)[nH]5)oc4cc3o2)[nH]1)C(C)C.COC(=O)N[C@H](C(=O)N1CCC[C@H]1c1ncc(-c2nc3cc4oc(-c5cnc([C@@H]6CCCN6C(=O)[C@@H](NC(=O)OC)C(C)C)[nH]5)nc4cc3o2)[nH]1)C(C)C. The molecule has 0 saturated carbocycles. The lowest BCUT2D eigenvalue weighted by atomic mass is 10.0. The van der Waals surface area contributed by atoms with Crippen molar-refractivity contribution in [2.75, 3.05) is 54.6 Å². The van der Waals surface area contributed by atoms with Gasteiger partial charge in [0.15, 0.2) is 22.3 Å². The van der Waals surface area contributed by atoms with Gasteiger partial charge in [-0.05, 0) is 81.1 Å². The van der Waals surface area contributed by atoms with Crippen LogP contribution >= 0.6 is 0 Å². The average molecular weight is 1490 g/mol. The summed E-state index contributed by atoms with van der Waals surface area (Å²) in [4.78, 5) is 159. The standard InChI is InChI=1S/2C36H44N10O8/c1-17(2)27(43-35(49)51-5)33(47)45-11-7-9-23(45)29-37-15-21(39-29)31-41-19-13-26-20(14-25(19)53-31)42-32(54-26)22-16-38-30(40-22)24-10-8-12-46(24)34(48)28(18(3)4)44-36(50)52-6;1-17(2)27(43-35(49)51-5)33(47)45-11-7-9-23(45)29-37-15-21(39-29)31-41-19-13-20-26(14-25(19)53-31)54-32(42-20)22-16-38-30(40-22)24-10-8-12-46(24)34(48)28(18(3)4)44-36(50)52-6/h2*13-18,23-24,27-28H,7-12H2,1-6H3,(H,37,39)(H,38,40)(H,43,49)(H,44,50)/t2*23-,24-,27-,28-/m00/s1. The molecule has 12 heterocycles. The van der Waals surface area contributed by atoms with Gasteiger partial charge in [-0.1, -0.05) is 55.4 Å². The van der Waals surface area contributed by atoms with Crippen LogP contribution in [0, 0.1) is 23.7 Å². The Hall–Kier alpha value is -11.9. The number of nitrogens with zero attached hydrogens (tertiary/aromatic N) is 12. The largest absolute Gasteiger partial charge is 0.453 e. The number of carbonyl (C=O) groups is 8. The Morgan fingerprint density at radius 3 is 0.806 bits per heavy atom. The van der Waals surface area contributed by atoms with Gasteiger partial charge in [0.2, 0.25) is 47.2 Å². The van der Waals surface area contributed by atoms with Crippen LogP contribution in [0.4, 0.5) is 19.2 Å². The molecule has 8 N–H and O–H groups in total. The van der Waals surface area contributed by atoms with Crippen molar-refractivity contribution >= 4 is 92.4 Å². The van der Waals surface area contributed by atoms with Crippen molar-refractivity contribution < 1.29 is 75.0 Å². The molecule has 572 valence electrons. The first-order valence-corrected chi connectivity index (χ1v) is 36.1. The number of aromatic nitrogens is 12. The molecular weight excluding hydrogens is 1400 g/mol. The molecule has 4 fully saturated rings. The van der Waals surface area contributed by atoms with Crippen molar-refractivity contribution in [2.24, 2.45) is 23.7 Å². The van der Waals surface area contributed by atoms with Gasteiger partial charge in [0.1, 0.15) is 92.3 Å². The molecule has 0 bridgehead atoms. The minimum atomic E-state index is -0.735. The first-order chi connectivity index (χ1) is 51.9. The highest BCUT2D eigenvalue weighted by Gasteiger charge is 2.43. The minimum absolute atomic E-state index is 0.144. The number of aromatic amines is 4. The summed E-state index contributed by atoms with van der Waals surface area (Å²) in [6.45, 7) is 17.1. The molecule has 8 aromatic heterocycles. The Morgan fingerprint density at radius 2 is 0.583 bits per heavy atom. The number of methoxy groups -OCH3 is 4. The number of carbonyl (C=O) groups excluding carboxylic acids is 8. The van der Waals surface area contributed by atoms with Crippen molar-refractivity contribution in [1.82, 2.24) is 101 Å². The second kappa shape index (κ2) is 31.3. The van der Waals surface area contributed by atoms with E-state index in [1.54, 1.807) is 68.7 Å². The van der Waals surface area contributed by atoms with Gasteiger partial charge >= 0.3 is 24.4 Å². The van der Waals surface area contributed by atoms with Gasteiger partial charge in [-0.3, -0.25) is 19.2 Å². The van der Waals surface area contributed by atoms with E-state index >= 15 is 0 Å². The van der Waals surface area contributed by atoms with Crippen molar-refractivity contribution in [3.05, 3.63) is 72.4 Å². The predicted molar refractivity (Wildman–Crippen MR) is 385 cm³/mol. The molecule has 8 atom stereocenters. The van der Waals surface area contributed by atoms with Gasteiger partial charge in [0.25, 0.3) is 0 Å². The summed E-state index contributed by atoms with van der Waals surface area (Å²) in [5, 5.41) is 10.7. The van der Waals surface area contributed by atoms with Crippen LogP contribution in [0.2, 0.25) is 0 Å². The second-order valence-corrected chi connectivity index (χ2v) is 28.6. The summed E-state index contributed by atoms with van der Waals surface area (Å²) in [5.41, 5.74) is 6.34. The summed E-state index contributed by atoms with van der Waals surface area (Å²) >= 11 is 0. The van der Waals surface area contributed by atoms with Crippen LogP contribution in [0.15, 0.2) is 66.7 Å². The lowest BCUT2D eigenvalue weighted by molar-refractivity contribution is -0.136. The molecule has 4 saturated heterocycles. The third-order valence-corrected chi connectivity index (χ3v) is 20.1. The summed E-state index contributed by atoms with van der Waals surface area (Å²) in [5.74, 6) is 2.29. The van der Waals surface area contributed by atoms with Gasteiger partial charge in [0, 0.05) is 44.4 Å². The van der Waals surface area contributed by atoms with E-state index in [9.17, 15) is 38.4 Å². The fourth-order valence-electron chi connectivity index (χ4n) is 14.4. The maximum atomic E-state index is 13.5. The van der Waals surface area contributed by atoms with Crippen LogP contribution in [0.25, 0.3) is 90.7 Å². The first kappa shape index (κ1) is 74.4. The number of likely N-dealkylation sites (tertiary alicyclic amines) is 4. The molecule has 0 radical (unpaired) electrons. The number of H-pyrrole nitrogens is 4. The fraction of sp³-hybridized carbons (Fsp3) is 0.500. The Balaban J connectivity index is 0.000000190. The zero-order chi connectivity index (χ0) is 76.5.